The molecule has 0 amide bonds. The molecule has 0 aliphatic rings. The van der Waals surface area contributed by atoms with Crippen LogP contribution < -0.4 is 4.74 Å². The minimum Gasteiger partial charge on any atom is -0.496 e. The zero-order chi connectivity index (χ0) is 13.4. The average Bonchev–Trinajstić information content (AvgIpc) is 2.38. The van der Waals surface area contributed by atoms with Gasteiger partial charge >= 0.3 is 0 Å². The second-order valence-electron chi connectivity index (χ2n) is 4.62. The number of hydrogen-bond donors (Lipinski definition) is 0. The van der Waals surface area contributed by atoms with Crippen molar-refractivity contribution in [2.45, 2.75) is 39.2 Å². The fourth-order valence-electron chi connectivity index (χ4n) is 1.84. The van der Waals surface area contributed by atoms with E-state index >= 15 is 0 Å². The number of aryl methyl sites for hydroxylation is 1. The van der Waals surface area contributed by atoms with Crippen LogP contribution in [-0.2, 0) is 4.74 Å². The van der Waals surface area contributed by atoms with Crippen molar-refractivity contribution in [1.29, 1.82) is 0 Å². The van der Waals surface area contributed by atoms with E-state index in [1.54, 1.807) is 14.2 Å². The first kappa shape index (κ1) is 14.8. The molecule has 100 valence electrons. The summed E-state index contributed by atoms with van der Waals surface area (Å²) >= 11 is 0. The molecule has 1 aromatic carbocycles. The van der Waals surface area contributed by atoms with Crippen molar-refractivity contribution >= 4 is 6.08 Å². The third kappa shape index (κ3) is 4.92. The van der Waals surface area contributed by atoms with Gasteiger partial charge in [0.15, 0.2) is 0 Å². The maximum atomic E-state index is 5.34. The average molecular weight is 248 g/mol. The van der Waals surface area contributed by atoms with E-state index in [-0.39, 0.29) is 0 Å². The summed E-state index contributed by atoms with van der Waals surface area (Å²) in [5, 5.41) is 0. The van der Waals surface area contributed by atoms with Gasteiger partial charge in [-0.15, -0.1) is 0 Å². The minimum atomic E-state index is 0.354. The number of methoxy groups -OCH3 is 2. The molecule has 0 aromatic heterocycles. The van der Waals surface area contributed by atoms with Gasteiger partial charge in [-0.05, 0) is 45.2 Å². The molecule has 0 N–H and O–H groups in total. The quantitative estimate of drug-likeness (QED) is 0.672. The van der Waals surface area contributed by atoms with Crippen LogP contribution in [0.25, 0.3) is 6.08 Å². The van der Waals surface area contributed by atoms with Crippen LogP contribution in [0.2, 0.25) is 0 Å². The van der Waals surface area contributed by atoms with Crippen LogP contribution in [0.4, 0.5) is 0 Å². The molecule has 0 fully saturated rings. The first-order chi connectivity index (χ1) is 8.67. The summed E-state index contributed by atoms with van der Waals surface area (Å²) in [5.74, 6) is 0.933. The fourth-order valence-corrected chi connectivity index (χ4v) is 1.84. The van der Waals surface area contributed by atoms with E-state index < -0.39 is 0 Å². The Labute approximate surface area is 111 Å². The Morgan fingerprint density at radius 1 is 1.28 bits per heavy atom. The maximum absolute atomic E-state index is 5.34. The van der Waals surface area contributed by atoms with Gasteiger partial charge in [-0.3, -0.25) is 0 Å². The van der Waals surface area contributed by atoms with Crippen molar-refractivity contribution in [3.05, 3.63) is 35.4 Å². The normalized spacial score (nSPS) is 12.9. The molecule has 18 heavy (non-hydrogen) atoms. The first-order valence-corrected chi connectivity index (χ1v) is 6.51. The molecule has 1 rings (SSSR count). The van der Waals surface area contributed by atoms with E-state index in [9.17, 15) is 0 Å². The summed E-state index contributed by atoms with van der Waals surface area (Å²) in [5.41, 5.74) is 2.40. The van der Waals surface area contributed by atoms with E-state index in [4.69, 9.17) is 9.47 Å². The lowest BCUT2D eigenvalue weighted by molar-refractivity contribution is 0.109. The highest BCUT2D eigenvalue weighted by Crippen LogP contribution is 2.21. The molecule has 1 unspecified atom stereocenters. The summed E-state index contributed by atoms with van der Waals surface area (Å²) in [7, 11) is 3.47. The Balaban J connectivity index is 2.48. The van der Waals surface area contributed by atoms with Gasteiger partial charge in [0.05, 0.1) is 13.2 Å². The van der Waals surface area contributed by atoms with Crippen molar-refractivity contribution in [3.63, 3.8) is 0 Å². The van der Waals surface area contributed by atoms with Crippen LogP contribution in [-0.4, -0.2) is 20.3 Å². The minimum absolute atomic E-state index is 0.354. The van der Waals surface area contributed by atoms with Gasteiger partial charge < -0.3 is 9.47 Å². The first-order valence-electron chi connectivity index (χ1n) is 6.51. The van der Waals surface area contributed by atoms with Crippen LogP contribution in [0.1, 0.15) is 37.3 Å². The Morgan fingerprint density at radius 2 is 2.06 bits per heavy atom. The number of hydrogen-bond acceptors (Lipinski definition) is 2. The predicted octanol–water partition coefficient (Wildman–Crippen LogP) is 4.22. The molecule has 0 aliphatic heterocycles. The molecular formula is C16H24O2. The highest BCUT2D eigenvalue weighted by atomic mass is 16.5. The molecule has 0 aliphatic carbocycles. The smallest absolute Gasteiger partial charge is 0.126 e. The van der Waals surface area contributed by atoms with Gasteiger partial charge in [-0.25, -0.2) is 0 Å². The van der Waals surface area contributed by atoms with Crippen molar-refractivity contribution in [2.24, 2.45) is 0 Å². The van der Waals surface area contributed by atoms with Crippen molar-refractivity contribution in [2.75, 3.05) is 14.2 Å². The van der Waals surface area contributed by atoms with E-state index in [1.807, 2.05) is 6.07 Å². The predicted molar refractivity (Wildman–Crippen MR) is 77.1 cm³/mol. The lowest BCUT2D eigenvalue weighted by Gasteiger charge is -2.07. The number of ether oxygens (including phenoxy) is 2. The molecule has 0 heterocycles. The SMILES string of the molecule is COc1ccc(C)cc1/C=C/CCCC(C)OC. The lowest BCUT2D eigenvalue weighted by atomic mass is 10.1. The summed E-state index contributed by atoms with van der Waals surface area (Å²) in [6.07, 6.45) is 8.03. The van der Waals surface area contributed by atoms with Crippen LogP contribution in [0.15, 0.2) is 24.3 Å². The second-order valence-corrected chi connectivity index (χ2v) is 4.62. The van der Waals surface area contributed by atoms with E-state index in [0.717, 1.165) is 30.6 Å². The molecule has 0 radical (unpaired) electrons. The maximum Gasteiger partial charge on any atom is 0.126 e. The highest BCUT2D eigenvalue weighted by Gasteiger charge is 1.99. The van der Waals surface area contributed by atoms with Gasteiger partial charge in [0, 0.05) is 12.7 Å². The molecule has 2 heteroatoms. The lowest BCUT2D eigenvalue weighted by Crippen LogP contribution is -2.03. The molecule has 0 saturated heterocycles. The Morgan fingerprint density at radius 3 is 2.72 bits per heavy atom. The monoisotopic (exact) mass is 248 g/mol. The zero-order valence-electron chi connectivity index (χ0n) is 11.9. The van der Waals surface area contributed by atoms with Crippen LogP contribution >= 0.6 is 0 Å². The molecule has 1 aromatic rings. The summed E-state index contributed by atoms with van der Waals surface area (Å²) in [4.78, 5) is 0. The highest BCUT2D eigenvalue weighted by molar-refractivity contribution is 5.58. The van der Waals surface area contributed by atoms with E-state index in [1.165, 1.54) is 5.56 Å². The Kier molecular flexibility index (Phi) is 6.51. The van der Waals surface area contributed by atoms with Gasteiger partial charge in [0.1, 0.15) is 5.75 Å². The van der Waals surface area contributed by atoms with Crippen LogP contribution in [0.5, 0.6) is 5.75 Å². The summed E-state index contributed by atoms with van der Waals surface area (Å²) < 4.78 is 10.6. The van der Waals surface area contributed by atoms with E-state index in [2.05, 4.69) is 38.1 Å². The largest absolute Gasteiger partial charge is 0.496 e. The van der Waals surface area contributed by atoms with Crippen molar-refractivity contribution in [3.8, 4) is 5.75 Å². The van der Waals surface area contributed by atoms with Gasteiger partial charge in [0.25, 0.3) is 0 Å². The number of allylic oxidation sites excluding steroid dienone is 1. The number of unbranched alkanes of at least 4 members (excludes halogenated alkanes) is 1. The van der Waals surface area contributed by atoms with Crippen LogP contribution in [0, 0.1) is 6.92 Å². The topological polar surface area (TPSA) is 18.5 Å². The second kappa shape index (κ2) is 7.93. The zero-order valence-corrected chi connectivity index (χ0v) is 11.9. The summed E-state index contributed by atoms with van der Waals surface area (Å²) in [6.45, 7) is 4.20. The van der Waals surface area contributed by atoms with Gasteiger partial charge in [0.2, 0.25) is 0 Å². The van der Waals surface area contributed by atoms with Gasteiger partial charge in [-0.1, -0.05) is 23.8 Å². The standard InChI is InChI=1S/C16H24O2/c1-13-10-11-16(18-4)15(12-13)9-7-5-6-8-14(2)17-3/h7,9-12,14H,5-6,8H2,1-4H3/b9-7+. The third-order valence-electron chi connectivity index (χ3n) is 3.07. The molecule has 1 atom stereocenters. The fraction of sp³-hybridized carbons (Fsp3) is 0.500. The Hall–Kier alpha value is -1.28. The van der Waals surface area contributed by atoms with Crippen molar-refractivity contribution < 1.29 is 9.47 Å². The molecule has 0 spiro atoms. The Bertz CT molecular complexity index is 383. The van der Waals surface area contributed by atoms with Gasteiger partial charge in [-0.2, -0.15) is 0 Å². The number of benzene rings is 1. The van der Waals surface area contributed by atoms with Crippen molar-refractivity contribution in [1.82, 2.24) is 0 Å². The third-order valence-corrected chi connectivity index (χ3v) is 3.07. The number of rotatable bonds is 7. The van der Waals surface area contributed by atoms with E-state index in [0.29, 0.717) is 6.10 Å². The molecule has 0 saturated carbocycles. The van der Waals surface area contributed by atoms with Crippen LogP contribution in [0.3, 0.4) is 0 Å². The summed E-state index contributed by atoms with van der Waals surface area (Å²) in [6, 6.07) is 6.23. The molecule has 2 nitrogen and oxygen atoms in total. The molecular weight excluding hydrogens is 224 g/mol. The molecule has 0 bridgehead atoms.